The highest BCUT2D eigenvalue weighted by Crippen LogP contribution is 2.36. The number of esters is 1. The Balaban J connectivity index is 1.61. The first-order valence-electron chi connectivity index (χ1n) is 13.7. The molecule has 1 unspecified atom stereocenters. The molecule has 0 spiro atoms. The van der Waals surface area contributed by atoms with Gasteiger partial charge in [0.1, 0.15) is 13.2 Å². The first kappa shape index (κ1) is 30.6. The number of nitrogens with zero attached hydrogens (tertiary/aromatic N) is 2. The molecule has 0 fully saturated rings. The second kappa shape index (κ2) is 13.6. The molecular formula is C33H32N2O8S. The summed E-state index contributed by atoms with van der Waals surface area (Å²) >= 11 is 1.19. The van der Waals surface area contributed by atoms with Crippen molar-refractivity contribution in [2.24, 2.45) is 4.99 Å². The van der Waals surface area contributed by atoms with Gasteiger partial charge < -0.3 is 28.8 Å². The van der Waals surface area contributed by atoms with Gasteiger partial charge in [0.15, 0.2) is 27.8 Å². The molecule has 4 aromatic rings. The molecule has 3 aromatic carbocycles. The van der Waals surface area contributed by atoms with Crippen molar-refractivity contribution < 1.29 is 33.6 Å². The van der Waals surface area contributed by atoms with Crippen molar-refractivity contribution >= 4 is 23.4 Å². The predicted molar refractivity (Wildman–Crippen MR) is 165 cm³/mol. The van der Waals surface area contributed by atoms with Crippen LogP contribution in [0.5, 0.6) is 23.0 Å². The number of hydrogen-bond donors (Lipinski definition) is 1. The third-order valence-electron chi connectivity index (χ3n) is 7.00. The first-order valence-corrected chi connectivity index (χ1v) is 14.6. The Kier molecular flexibility index (Phi) is 9.47. The number of benzene rings is 3. The molecule has 228 valence electrons. The monoisotopic (exact) mass is 616 g/mol. The number of fused-ring (bicyclic) bond motifs is 1. The van der Waals surface area contributed by atoms with Crippen LogP contribution in [-0.2, 0) is 20.9 Å². The van der Waals surface area contributed by atoms with Crippen molar-refractivity contribution in [2.45, 2.75) is 19.6 Å². The summed E-state index contributed by atoms with van der Waals surface area (Å²) in [4.78, 5) is 32.5. The van der Waals surface area contributed by atoms with Crippen LogP contribution < -0.4 is 29.1 Å². The van der Waals surface area contributed by atoms with Gasteiger partial charge in [0.2, 0.25) is 0 Å². The molecule has 0 bridgehead atoms. The van der Waals surface area contributed by atoms with E-state index < -0.39 is 12.0 Å². The summed E-state index contributed by atoms with van der Waals surface area (Å²) in [7, 11) is 4.51. The summed E-state index contributed by atoms with van der Waals surface area (Å²) in [5.74, 6) is 0.623. The molecule has 0 saturated carbocycles. The molecule has 1 aromatic heterocycles. The van der Waals surface area contributed by atoms with Crippen molar-refractivity contribution in [1.82, 2.24) is 4.57 Å². The number of allylic oxidation sites excluding steroid dienone is 1. The van der Waals surface area contributed by atoms with Crippen molar-refractivity contribution in [3.63, 3.8) is 0 Å². The lowest BCUT2D eigenvalue weighted by atomic mass is 9.95. The van der Waals surface area contributed by atoms with Gasteiger partial charge in [0.05, 0.1) is 42.7 Å². The zero-order chi connectivity index (χ0) is 31.2. The number of phenolic OH excluding ortho intramolecular Hbond substituents is 1. The summed E-state index contributed by atoms with van der Waals surface area (Å²) in [6.07, 6.45) is 1.69. The molecule has 0 amide bonds. The van der Waals surface area contributed by atoms with Crippen LogP contribution in [0, 0.1) is 0 Å². The third-order valence-corrected chi connectivity index (χ3v) is 7.99. The normalized spacial score (nSPS) is 14.5. The van der Waals surface area contributed by atoms with Crippen LogP contribution in [0.4, 0.5) is 0 Å². The maximum absolute atomic E-state index is 14.0. The van der Waals surface area contributed by atoms with E-state index in [2.05, 4.69) is 4.99 Å². The maximum atomic E-state index is 14.0. The van der Waals surface area contributed by atoms with Crippen LogP contribution in [-0.4, -0.2) is 50.2 Å². The quantitative estimate of drug-likeness (QED) is 0.200. The Morgan fingerprint density at radius 2 is 1.75 bits per heavy atom. The van der Waals surface area contributed by atoms with E-state index in [9.17, 15) is 14.7 Å². The van der Waals surface area contributed by atoms with E-state index in [0.717, 1.165) is 5.56 Å². The summed E-state index contributed by atoms with van der Waals surface area (Å²) < 4.78 is 29.4. The molecular weight excluding hydrogens is 584 g/mol. The molecule has 0 aliphatic carbocycles. The zero-order valence-corrected chi connectivity index (χ0v) is 25.6. The highest BCUT2D eigenvalue weighted by atomic mass is 32.1. The standard InChI is InChI=1S/C33H32N2O8S/c1-20-29(32(38)42-15-14-39-2)30(23-11-13-25(27(18-23)41-4)43-19-21-8-6-5-7-9-21)35-31(37)28(44-33(35)34-20)17-22-10-12-24(36)26(16-22)40-3/h5-13,16-18,30,36H,14-15,19H2,1-4H3. The largest absolute Gasteiger partial charge is 0.504 e. The van der Waals surface area contributed by atoms with Crippen LogP contribution >= 0.6 is 11.3 Å². The van der Waals surface area contributed by atoms with Crippen LogP contribution in [0.3, 0.4) is 0 Å². The lowest BCUT2D eigenvalue weighted by molar-refractivity contribution is -0.140. The number of thiazole rings is 1. The average molecular weight is 617 g/mol. The Morgan fingerprint density at radius 3 is 2.48 bits per heavy atom. The smallest absolute Gasteiger partial charge is 0.338 e. The van der Waals surface area contributed by atoms with Gasteiger partial charge in [-0.05, 0) is 54.0 Å². The molecule has 2 heterocycles. The van der Waals surface area contributed by atoms with E-state index in [0.29, 0.717) is 44.3 Å². The highest BCUT2D eigenvalue weighted by molar-refractivity contribution is 7.07. The zero-order valence-electron chi connectivity index (χ0n) is 24.7. The van der Waals surface area contributed by atoms with Crippen molar-refractivity contribution in [2.75, 3.05) is 34.5 Å². The second-order valence-corrected chi connectivity index (χ2v) is 10.8. The lowest BCUT2D eigenvalue weighted by Crippen LogP contribution is -2.40. The number of hydrogen-bond acceptors (Lipinski definition) is 10. The molecule has 10 nitrogen and oxygen atoms in total. The average Bonchev–Trinajstić information content (AvgIpc) is 3.34. The minimum absolute atomic E-state index is 0.0106. The summed E-state index contributed by atoms with van der Waals surface area (Å²) in [5.41, 5.74) is 2.57. The van der Waals surface area contributed by atoms with E-state index in [1.54, 1.807) is 43.3 Å². The number of aromatic nitrogens is 1. The molecule has 1 atom stereocenters. The molecule has 11 heteroatoms. The fourth-order valence-electron chi connectivity index (χ4n) is 4.84. The lowest BCUT2D eigenvalue weighted by Gasteiger charge is -2.25. The fraction of sp³-hybridized carbons (Fsp3) is 0.242. The Morgan fingerprint density at radius 1 is 0.977 bits per heavy atom. The van der Waals surface area contributed by atoms with Gasteiger partial charge in [-0.3, -0.25) is 9.36 Å². The molecule has 0 radical (unpaired) electrons. The molecule has 44 heavy (non-hydrogen) atoms. The van der Waals surface area contributed by atoms with Crippen molar-refractivity contribution in [3.8, 4) is 23.0 Å². The van der Waals surface area contributed by atoms with Crippen molar-refractivity contribution in [1.29, 1.82) is 0 Å². The molecule has 0 saturated heterocycles. The van der Waals surface area contributed by atoms with Crippen LogP contribution in [0.25, 0.3) is 6.08 Å². The minimum Gasteiger partial charge on any atom is -0.504 e. The third kappa shape index (κ3) is 6.38. The Bertz CT molecular complexity index is 1880. The number of ether oxygens (including phenoxy) is 5. The molecule has 1 N–H and O–H groups in total. The van der Waals surface area contributed by atoms with Gasteiger partial charge >= 0.3 is 5.97 Å². The summed E-state index contributed by atoms with van der Waals surface area (Å²) in [6.45, 7) is 2.32. The number of methoxy groups -OCH3 is 3. The Labute approximate surface area is 257 Å². The van der Waals surface area contributed by atoms with Gasteiger partial charge in [-0.25, -0.2) is 9.79 Å². The molecule has 5 rings (SSSR count). The topological polar surface area (TPSA) is 118 Å². The minimum atomic E-state index is -0.852. The first-order chi connectivity index (χ1) is 21.3. The van der Waals surface area contributed by atoms with Gasteiger partial charge in [0, 0.05) is 7.11 Å². The molecule has 1 aliphatic rings. The van der Waals surface area contributed by atoms with Gasteiger partial charge in [-0.15, -0.1) is 0 Å². The van der Waals surface area contributed by atoms with Crippen LogP contribution in [0.2, 0.25) is 0 Å². The van der Waals surface area contributed by atoms with E-state index in [1.165, 1.54) is 43.3 Å². The van der Waals surface area contributed by atoms with Crippen LogP contribution in [0.1, 0.15) is 29.7 Å². The predicted octanol–water partition coefficient (Wildman–Crippen LogP) is 3.73. The van der Waals surface area contributed by atoms with Crippen LogP contribution in [0.15, 0.2) is 87.8 Å². The van der Waals surface area contributed by atoms with E-state index in [1.807, 2.05) is 30.3 Å². The van der Waals surface area contributed by atoms with Gasteiger partial charge in [0.25, 0.3) is 5.56 Å². The number of phenols is 1. The van der Waals surface area contributed by atoms with E-state index in [4.69, 9.17) is 23.7 Å². The SMILES string of the molecule is COCCOC(=O)C1=C(C)N=c2sc(=Cc3ccc(O)c(OC)c3)c(=O)n2C1c1ccc(OCc2ccccc2)c(OC)c1. The maximum Gasteiger partial charge on any atom is 0.338 e. The molecule has 1 aliphatic heterocycles. The Hall–Kier alpha value is -4.87. The summed E-state index contributed by atoms with van der Waals surface area (Å²) in [6, 6.07) is 19.0. The summed E-state index contributed by atoms with van der Waals surface area (Å²) in [5, 5.41) is 10.00. The van der Waals surface area contributed by atoms with Gasteiger partial charge in [-0.2, -0.15) is 0 Å². The number of rotatable bonds is 11. The highest BCUT2D eigenvalue weighted by Gasteiger charge is 2.34. The van der Waals surface area contributed by atoms with E-state index >= 15 is 0 Å². The van der Waals surface area contributed by atoms with Gasteiger partial charge in [-0.1, -0.05) is 53.8 Å². The number of carbonyl (C=O) groups is 1. The van der Waals surface area contributed by atoms with Crippen molar-refractivity contribution in [3.05, 3.63) is 114 Å². The number of carbonyl (C=O) groups excluding carboxylic acids is 1. The number of aromatic hydroxyl groups is 1. The van der Waals surface area contributed by atoms with E-state index in [-0.39, 0.29) is 35.8 Å². The second-order valence-electron chi connectivity index (χ2n) is 9.83. The fourth-order valence-corrected chi connectivity index (χ4v) is 5.88.